The topological polar surface area (TPSA) is 38.9 Å². The Kier molecular flexibility index (Phi) is 2.55. The minimum Gasteiger partial charge on any atom is -0.320 e. The SMILES string of the molecule is CC(N)(c1ccccn1)C1CCCC1. The molecule has 1 aromatic heterocycles. The van der Waals surface area contributed by atoms with Crippen molar-refractivity contribution in [3.05, 3.63) is 30.1 Å². The smallest absolute Gasteiger partial charge is 0.0602 e. The summed E-state index contributed by atoms with van der Waals surface area (Å²) in [6.45, 7) is 2.12. The molecule has 2 nitrogen and oxygen atoms in total. The van der Waals surface area contributed by atoms with Gasteiger partial charge < -0.3 is 5.73 Å². The molecule has 2 rings (SSSR count). The second kappa shape index (κ2) is 3.70. The molecule has 1 heterocycles. The fraction of sp³-hybridized carbons (Fsp3) is 0.583. The zero-order chi connectivity index (χ0) is 10.0. The number of rotatable bonds is 2. The lowest BCUT2D eigenvalue weighted by atomic mass is 9.82. The lowest BCUT2D eigenvalue weighted by Crippen LogP contribution is -2.40. The van der Waals surface area contributed by atoms with E-state index >= 15 is 0 Å². The molecule has 1 unspecified atom stereocenters. The molecule has 2 heteroatoms. The van der Waals surface area contributed by atoms with Crippen molar-refractivity contribution in [1.82, 2.24) is 4.98 Å². The molecule has 0 spiro atoms. The van der Waals surface area contributed by atoms with Crippen LogP contribution in [0.3, 0.4) is 0 Å². The van der Waals surface area contributed by atoms with Crippen LogP contribution < -0.4 is 5.73 Å². The van der Waals surface area contributed by atoms with Gasteiger partial charge in [0.05, 0.1) is 11.2 Å². The maximum Gasteiger partial charge on any atom is 0.0602 e. The summed E-state index contributed by atoms with van der Waals surface area (Å²) in [5.41, 5.74) is 7.18. The zero-order valence-electron chi connectivity index (χ0n) is 8.74. The van der Waals surface area contributed by atoms with Crippen molar-refractivity contribution >= 4 is 0 Å². The second-order valence-corrected chi connectivity index (χ2v) is 4.48. The summed E-state index contributed by atoms with van der Waals surface area (Å²) >= 11 is 0. The summed E-state index contributed by atoms with van der Waals surface area (Å²) in [7, 11) is 0. The number of nitrogens with zero attached hydrogens (tertiary/aromatic N) is 1. The van der Waals surface area contributed by atoms with Crippen molar-refractivity contribution in [1.29, 1.82) is 0 Å². The van der Waals surface area contributed by atoms with Crippen molar-refractivity contribution in [3.8, 4) is 0 Å². The Balaban J connectivity index is 2.22. The predicted octanol–water partition coefficient (Wildman–Crippen LogP) is 2.45. The molecule has 1 aliphatic carbocycles. The van der Waals surface area contributed by atoms with E-state index in [1.165, 1.54) is 25.7 Å². The van der Waals surface area contributed by atoms with Crippen LogP contribution in [0.4, 0.5) is 0 Å². The molecular formula is C12H18N2. The van der Waals surface area contributed by atoms with Crippen molar-refractivity contribution in [2.24, 2.45) is 11.7 Å². The highest BCUT2D eigenvalue weighted by molar-refractivity contribution is 5.15. The van der Waals surface area contributed by atoms with E-state index in [9.17, 15) is 0 Å². The van der Waals surface area contributed by atoms with Crippen LogP contribution in [0.25, 0.3) is 0 Å². The van der Waals surface area contributed by atoms with Gasteiger partial charge in [-0.25, -0.2) is 0 Å². The number of aromatic nitrogens is 1. The van der Waals surface area contributed by atoms with E-state index in [0.29, 0.717) is 5.92 Å². The van der Waals surface area contributed by atoms with Gasteiger partial charge in [0.1, 0.15) is 0 Å². The molecule has 0 radical (unpaired) electrons. The normalized spacial score (nSPS) is 22.1. The monoisotopic (exact) mass is 190 g/mol. The van der Waals surface area contributed by atoms with E-state index in [-0.39, 0.29) is 5.54 Å². The van der Waals surface area contributed by atoms with Gasteiger partial charge in [-0.05, 0) is 37.8 Å². The van der Waals surface area contributed by atoms with Gasteiger partial charge in [0.25, 0.3) is 0 Å². The molecule has 14 heavy (non-hydrogen) atoms. The highest BCUT2D eigenvalue weighted by Crippen LogP contribution is 2.37. The largest absolute Gasteiger partial charge is 0.320 e. The molecule has 0 amide bonds. The Morgan fingerprint density at radius 2 is 2.07 bits per heavy atom. The number of hydrogen-bond acceptors (Lipinski definition) is 2. The summed E-state index contributed by atoms with van der Waals surface area (Å²) in [4.78, 5) is 4.37. The third kappa shape index (κ3) is 1.67. The number of pyridine rings is 1. The zero-order valence-corrected chi connectivity index (χ0v) is 8.74. The summed E-state index contributed by atoms with van der Waals surface area (Å²) in [5, 5.41) is 0. The van der Waals surface area contributed by atoms with Gasteiger partial charge in [0.15, 0.2) is 0 Å². The van der Waals surface area contributed by atoms with Gasteiger partial charge in [-0.1, -0.05) is 18.9 Å². The first-order valence-corrected chi connectivity index (χ1v) is 5.41. The molecule has 0 saturated heterocycles. The third-order valence-electron chi connectivity index (χ3n) is 3.42. The first kappa shape index (κ1) is 9.66. The van der Waals surface area contributed by atoms with Crippen LogP contribution in [0, 0.1) is 5.92 Å². The molecule has 1 saturated carbocycles. The van der Waals surface area contributed by atoms with Crippen LogP contribution in [0.5, 0.6) is 0 Å². The van der Waals surface area contributed by atoms with Crippen molar-refractivity contribution in [2.45, 2.75) is 38.1 Å². The first-order chi connectivity index (χ1) is 6.71. The van der Waals surface area contributed by atoms with Crippen molar-refractivity contribution in [3.63, 3.8) is 0 Å². The summed E-state index contributed by atoms with van der Waals surface area (Å²) in [6, 6.07) is 5.99. The quantitative estimate of drug-likeness (QED) is 0.778. The van der Waals surface area contributed by atoms with Crippen molar-refractivity contribution in [2.75, 3.05) is 0 Å². The molecule has 0 aliphatic heterocycles. The first-order valence-electron chi connectivity index (χ1n) is 5.41. The predicted molar refractivity (Wildman–Crippen MR) is 57.7 cm³/mol. The standard InChI is InChI=1S/C12H18N2/c1-12(13,10-6-2-3-7-10)11-8-4-5-9-14-11/h4-5,8-10H,2-3,6-7,13H2,1H3. The molecule has 1 atom stereocenters. The molecular weight excluding hydrogens is 172 g/mol. The second-order valence-electron chi connectivity index (χ2n) is 4.48. The number of nitrogens with two attached hydrogens (primary N) is 1. The van der Waals surface area contributed by atoms with Crippen LogP contribution >= 0.6 is 0 Å². The van der Waals surface area contributed by atoms with E-state index in [4.69, 9.17) is 5.73 Å². The van der Waals surface area contributed by atoms with Crippen LogP contribution in [-0.4, -0.2) is 4.98 Å². The van der Waals surface area contributed by atoms with E-state index in [0.717, 1.165) is 5.69 Å². The fourth-order valence-corrected chi connectivity index (χ4v) is 2.42. The van der Waals surface area contributed by atoms with Gasteiger partial charge in [-0.2, -0.15) is 0 Å². The molecule has 1 aromatic rings. The van der Waals surface area contributed by atoms with Crippen LogP contribution in [0.2, 0.25) is 0 Å². The molecule has 0 bridgehead atoms. The maximum atomic E-state index is 6.38. The highest BCUT2D eigenvalue weighted by atomic mass is 14.8. The Morgan fingerprint density at radius 3 is 2.64 bits per heavy atom. The van der Waals surface area contributed by atoms with Gasteiger partial charge in [-0.15, -0.1) is 0 Å². The third-order valence-corrected chi connectivity index (χ3v) is 3.42. The Morgan fingerprint density at radius 1 is 1.36 bits per heavy atom. The van der Waals surface area contributed by atoms with Crippen LogP contribution in [0.15, 0.2) is 24.4 Å². The van der Waals surface area contributed by atoms with Gasteiger partial charge in [0, 0.05) is 6.20 Å². The van der Waals surface area contributed by atoms with Gasteiger partial charge in [0.2, 0.25) is 0 Å². The Hall–Kier alpha value is -0.890. The lowest BCUT2D eigenvalue weighted by Gasteiger charge is -2.30. The molecule has 76 valence electrons. The van der Waals surface area contributed by atoms with E-state index in [1.54, 1.807) is 0 Å². The molecule has 0 aromatic carbocycles. The minimum absolute atomic E-state index is 0.238. The molecule has 2 N–H and O–H groups in total. The Labute approximate surface area is 85.5 Å². The van der Waals surface area contributed by atoms with E-state index in [2.05, 4.69) is 11.9 Å². The van der Waals surface area contributed by atoms with E-state index < -0.39 is 0 Å². The summed E-state index contributed by atoms with van der Waals surface area (Å²) in [5.74, 6) is 0.609. The molecule has 1 aliphatic rings. The summed E-state index contributed by atoms with van der Waals surface area (Å²) in [6.07, 6.45) is 6.98. The van der Waals surface area contributed by atoms with E-state index in [1.807, 2.05) is 24.4 Å². The van der Waals surface area contributed by atoms with Crippen molar-refractivity contribution < 1.29 is 0 Å². The summed E-state index contributed by atoms with van der Waals surface area (Å²) < 4.78 is 0. The minimum atomic E-state index is -0.238. The average molecular weight is 190 g/mol. The van der Waals surface area contributed by atoms with Crippen LogP contribution in [0.1, 0.15) is 38.3 Å². The molecule has 1 fully saturated rings. The Bertz CT molecular complexity index is 286. The highest BCUT2D eigenvalue weighted by Gasteiger charge is 2.34. The van der Waals surface area contributed by atoms with Crippen LogP contribution in [-0.2, 0) is 5.54 Å². The van der Waals surface area contributed by atoms with Gasteiger partial charge in [-0.3, -0.25) is 4.98 Å². The number of hydrogen-bond donors (Lipinski definition) is 1. The average Bonchev–Trinajstić information content (AvgIpc) is 2.72. The maximum absolute atomic E-state index is 6.38. The lowest BCUT2D eigenvalue weighted by molar-refractivity contribution is 0.299. The van der Waals surface area contributed by atoms with Gasteiger partial charge >= 0.3 is 0 Å². The fourth-order valence-electron chi connectivity index (χ4n) is 2.42.